The molecule has 118 valence electrons. The Balaban J connectivity index is 1.90. The Kier molecular flexibility index (Phi) is 5.98. The average molecular weight is 319 g/mol. The molecule has 2 unspecified atom stereocenters. The predicted octanol–water partition coefficient (Wildman–Crippen LogP) is 3.06. The highest BCUT2D eigenvalue weighted by molar-refractivity contribution is 7.07. The summed E-state index contributed by atoms with van der Waals surface area (Å²) in [6.45, 7) is 4.03. The number of aliphatic hydroxyl groups is 1. The second-order valence-corrected chi connectivity index (χ2v) is 5.88. The molecule has 0 radical (unpaired) electrons. The number of aryl methyl sites for hydroxylation is 1. The lowest BCUT2D eigenvalue weighted by Gasteiger charge is -2.19. The fourth-order valence-corrected chi connectivity index (χ4v) is 2.76. The van der Waals surface area contributed by atoms with Crippen LogP contribution in [0.1, 0.15) is 30.6 Å². The van der Waals surface area contributed by atoms with E-state index in [1.807, 2.05) is 54.9 Å². The smallest absolute Gasteiger partial charge is 0.261 e. The zero-order valence-corrected chi connectivity index (χ0v) is 13.6. The minimum Gasteiger partial charge on any atom is -0.480 e. The third-order valence-corrected chi connectivity index (χ3v) is 4.13. The summed E-state index contributed by atoms with van der Waals surface area (Å²) in [5, 5.41) is 16.5. The van der Waals surface area contributed by atoms with Crippen molar-refractivity contribution >= 4 is 17.2 Å². The largest absolute Gasteiger partial charge is 0.480 e. The van der Waals surface area contributed by atoms with Crippen molar-refractivity contribution in [3.8, 4) is 5.75 Å². The van der Waals surface area contributed by atoms with Gasteiger partial charge in [0, 0.05) is 6.54 Å². The van der Waals surface area contributed by atoms with E-state index in [1.54, 1.807) is 0 Å². The number of ether oxygens (including phenoxy) is 1. The lowest BCUT2D eigenvalue weighted by Crippen LogP contribution is -2.39. The van der Waals surface area contributed by atoms with E-state index in [-0.39, 0.29) is 12.5 Å². The van der Waals surface area contributed by atoms with Gasteiger partial charge in [-0.3, -0.25) is 4.79 Å². The Labute approximate surface area is 134 Å². The van der Waals surface area contributed by atoms with Gasteiger partial charge in [-0.05, 0) is 47.4 Å². The lowest BCUT2D eigenvalue weighted by molar-refractivity contribution is -0.128. The van der Waals surface area contributed by atoms with Gasteiger partial charge in [0.1, 0.15) is 5.75 Å². The van der Waals surface area contributed by atoms with Crippen LogP contribution in [0.5, 0.6) is 5.75 Å². The molecule has 0 fully saturated rings. The second kappa shape index (κ2) is 7.96. The molecule has 0 aliphatic heterocycles. The molecule has 0 spiro atoms. The third-order valence-electron chi connectivity index (χ3n) is 3.42. The average Bonchev–Trinajstić information content (AvgIpc) is 3.06. The molecule has 1 aromatic carbocycles. The summed E-state index contributed by atoms with van der Waals surface area (Å²) in [5.41, 5.74) is 1.81. The molecule has 1 amide bonds. The maximum Gasteiger partial charge on any atom is 0.261 e. The van der Waals surface area contributed by atoms with Gasteiger partial charge in [-0.25, -0.2) is 0 Å². The first-order valence-electron chi connectivity index (χ1n) is 7.32. The number of aliphatic hydroxyl groups excluding tert-OH is 1. The minimum absolute atomic E-state index is 0.184. The zero-order valence-electron chi connectivity index (χ0n) is 12.8. The molecule has 2 aromatic rings. The Bertz CT molecular complexity index is 598. The summed E-state index contributed by atoms with van der Waals surface area (Å²) in [7, 11) is 0. The summed E-state index contributed by atoms with van der Waals surface area (Å²) in [6.07, 6.45) is -0.684. The van der Waals surface area contributed by atoms with Gasteiger partial charge >= 0.3 is 0 Å². The Morgan fingerprint density at radius 1 is 1.36 bits per heavy atom. The molecule has 1 aromatic heterocycles. The molecule has 0 saturated carbocycles. The first kappa shape index (κ1) is 16.5. The number of nitrogens with one attached hydrogen (secondary N) is 1. The highest BCUT2D eigenvalue weighted by Crippen LogP contribution is 2.19. The van der Waals surface area contributed by atoms with Gasteiger partial charge < -0.3 is 15.2 Å². The molecule has 4 nitrogen and oxygen atoms in total. The first-order valence-corrected chi connectivity index (χ1v) is 8.26. The number of thiophene rings is 1. The van der Waals surface area contributed by atoms with Crippen LogP contribution < -0.4 is 10.1 Å². The van der Waals surface area contributed by atoms with Gasteiger partial charge in [-0.15, -0.1) is 0 Å². The molecule has 2 atom stereocenters. The lowest BCUT2D eigenvalue weighted by atomic mass is 10.2. The summed E-state index contributed by atoms with van der Waals surface area (Å²) in [4.78, 5) is 12.2. The molecule has 0 aliphatic carbocycles. The molecular formula is C17H21NO3S. The third kappa shape index (κ3) is 4.32. The highest BCUT2D eigenvalue weighted by Gasteiger charge is 2.20. The summed E-state index contributed by atoms with van der Waals surface area (Å²) >= 11 is 1.52. The van der Waals surface area contributed by atoms with E-state index in [1.165, 1.54) is 11.3 Å². The number of rotatable bonds is 7. The number of para-hydroxylation sites is 1. The standard InChI is InChI=1S/C17H21NO3S/c1-3-15(21-16-7-5-4-6-12(16)2)17(20)18-10-14(19)13-8-9-22-11-13/h4-9,11,14-15,19H,3,10H2,1-2H3,(H,18,20). The van der Waals surface area contributed by atoms with Crippen molar-refractivity contribution in [3.63, 3.8) is 0 Å². The second-order valence-electron chi connectivity index (χ2n) is 5.10. The molecule has 22 heavy (non-hydrogen) atoms. The maximum absolute atomic E-state index is 12.2. The van der Waals surface area contributed by atoms with Crippen LogP contribution in [0.3, 0.4) is 0 Å². The van der Waals surface area contributed by atoms with Crippen LogP contribution in [0.25, 0.3) is 0 Å². The highest BCUT2D eigenvalue weighted by atomic mass is 32.1. The van der Waals surface area contributed by atoms with E-state index in [2.05, 4.69) is 5.32 Å². The van der Waals surface area contributed by atoms with Crippen LogP contribution in [0.4, 0.5) is 0 Å². The van der Waals surface area contributed by atoms with Crippen molar-refractivity contribution in [2.24, 2.45) is 0 Å². The van der Waals surface area contributed by atoms with Crippen LogP contribution in [-0.4, -0.2) is 23.7 Å². The molecule has 1 heterocycles. The van der Waals surface area contributed by atoms with Gasteiger partial charge in [0.2, 0.25) is 0 Å². The van der Waals surface area contributed by atoms with Gasteiger partial charge in [-0.2, -0.15) is 11.3 Å². The van der Waals surface area contributed by atoms with Crippen molar-refractivity contribution in [1.82, 2.24) is 5.32 Å². The maximum atomic E-state index is 12.2. The quantitative estimate of drug-likeness (QED) is 0.824. The van der Waals surface area contributed by atoms with E-state index in [0.29, 0.717) is 12.2 Å². The minimum atomic E-state index is -0.689. The van der Waals surface area contributed by atoms with Crippen LogP contribution >= 0.6 is 11.3 Å². The van der Waals surface area contributed by atoms with Crippen LogP contribution in [0, 0.1) is 6.92 Å². The summed E-state index contributed by atoms with van der Waals surface area (Å²) in [6, 6.07) is 9.46. The van der Waals surface area contributed by atoms with Crippen LogP contribution in [0.15, 0.2) is 41.1 Å². The molecule has 0 saturated heterocycles. The van der Waals surface area contributed by atoms with E-state index < -0.39 is 12.2 Å². The predicted molar refractivity (Wildman–Crippen MR) is 88.2 cm³/mol. The van der Waals surface area contributed by atoms with Gasteiger partial charge in [0.25, 0.3) is 5.91 Å². The van der Waals surface area contributed by atoms with E-state index in [9.17, 15) is 9.90 Å². The monoisotopic (exact) mass is 319 g/mol. The Morgan fingerprint density at radius 3 is 2.77 bits per heavy atom. The van der Waals surface area contributed by atoms with Crippen LogP contribution in [0.2, 0.25) is 0 Å². The normalized spacial score (nSPS) is 13.4. The van der Waals surface area contributed by atoms with Crippen molar-refractivity contribution in [1.29, 1.82) is 0 Å². The van der Waals surface area contributed by atoms with Gasteiger partial charge in [0.05, 0.1) is 6.10 Å². The van der Waals surface area contributed by atoms with E-state index >= 15 is 0 Å². The van der Waals surface area contributed by atoms with Crippen molar-refractivity contribution in [2.75, 3.05) is 6.54 Å². The SMILES string of the molecule is CCC(Oc1ccccc1C)C(=O)NCC(O)c1ccsc1. The van der Waals surface area contributed by atoms with Crippen LogP contribution in [-0.2, 0) is 4.79 Å². The first-order chi connectivity index (χ1) is 10.6. The number of amides is 1. The Morgan fingerprint density at radius 2 is 2.14 bits per heavy atom. The van der Waals surface area contributed by atoms with E-state index in [4.69, 9.17) is 4.74 Å². The van der Waals surface area contributed by atoms with Gasteiger partial charge in [-0.1, -0.05) is 25.1 Å². The topological polar surface area (TPSA) is 58.6 Å². The van der Waals surface area contributed by atoms with Crippen molar-refractivity contribution < 1.29 is 14.6 Å². The molecular weight excluding hydrogens is 298 g/mol. The fraction of sp³-hybridized carbons (Fsp3) is 0.353. The molecule has 0 bridgehead atoms. The number of hydrogen-bond donors (Lipinski definition) is 2. The van der Waals surface area contributed by atoms with E-state index in [0.717, 1.165) is 11.1 Å². The van der Waals surface area contributed by atoms with Crippen molar-refractivity contribution in [3.05, 3.63) is 52.2 Å². The summed E-state index contributed by atoms with van der Waals surface area (Å²) in [5.74, 6) is 0.503. The van der Waals surface area contributed by atoms with Crippen molar-refractivity contribution in [2.45, 2.75) is 32.5 Å². The molecule has 2 rings (SSSR count). The Hall–Kier alpha value is -1.85. The number of benzene rings is 1. The fourth-order valence-electron chi connectivity index (χ4n) is 2.06. The summed E-state index contributed by atoms with van der Waals surface area (Å²) < 4.78 is 5.79. The molecule has 2 N–H and O–H groups in total. The number of hydrogen-bond acceptors (Lipinski definition) is 4. The van der Waals surface area contributed by atoms with Gasteiger partial charge in [0.15, 0.2) is 6.10 Å². The number of carbonyl (C=O) groups excluding carboxylic acids is 1. The number of carbonyl (C=O) groups is 1. The molecule has 0 aliphatic rings. The zero-order chi connectivity index (χ0) is 15.9. The molecule has 5 heteroatoms.